The maximum absolute atomic E-state index is 13.7. The Morgan fingerprint density at radius 1 is 1.14 bits per heavy atom. The van der Waals surface area contributed by atoms with Gasteiger partial charge in [0.05, 0.1) is 10.5 Å². The lowest BCUT2D eigenvalue weighted by Gasteiger charge is -2.32. The summed E-state index contributed by atoms with van der Waals surface area (Å²) in [6.45, 7) is 3.01. The SMILES string of the molecule is CCN(c1ccc(F)cc1)C(CN)c1ccc(Br)c(F)c1. The second-order valence-corrected chi connectivity index (χ2v) is 5.54. The average molecular weight is 355 g/mol. The number of benzene rings is 2. The number of nitrogens with two attached hydrogens (primary N) is 1. The summed E-state index contributed by atoms with van der Waals surface area (Å²) >= 11 is 3.15. The highest BCUT2D eigenvalue weighted by molar-refractivity contribution is 9.10. The molecule has 0 aliphatic carbocycles. The van der Waals surface area contributed by atoms with E-state index in [0.717, 1.165) is 11.3 Å². The van der Waals surface area contributed by atoms with Crippen LogP contribution in [0, 0.1) is 11.6 Å². The van der Waals surface area contributed by atoms with Gasteiger partial charge < -0.3 is 10.6 Å². The molecule has 0 heterocycles. The Bertz CT molecular complexity index is 602. The molecule has 0 saturated heterocycles. The first-order valence-corrected chi connectivity index (χ1v) is 7.53. The van der Waals surface area contributed by atoms with Crippen LogP contribution < -0.4 is 10.6 Å². The van der Waals surface area contributed by atoms with Crippen molar-refractivity contribution in [3.63, 3.8) is 0 Å². The first-order valence-electron chi connectivity index (χ1n) is 6.74. The standard InChI is InChI=1S/C16H17BrF2N2/c1-2-21(13-6-4-12(18)5-7-13)16(10-20)11-3-8-14(17)15(19)9-11/h3-9,16H,2,10,20H2,1H3. The number of hydrogen-bond donors (Lipinski definition) is 1. The molecule has 0 saturated carbocycles. The summed E-state index contributed by atoms with van der Waals surface area (Å²) in [5.74, 6) is -0.602. The molecular weight excluding hydrogens is 338 g/mol. The fourth-order valence-corrected chi connectivity index (χ4v) is 2.63. The second kappa shape index (κ2) is 7.00. The molecule has 1 atom stereocenters. The zero-order valence-electron chi connectivity index (χ0n) is 11.7. The van der Waals surface area contributed by atoms with Gasteiger partial charge >= 0.3 is 0 Å². The van der Waals surface area contributed by atoms with Gasteiger partial charge in [-0.2, -0.15) is 0 Å². The largest absolute Gasteiger partial charge is 0.363 e. The highest BCUT2D eigenvalue weighted by Crippen LogP contribution is 2.28. The molecular formula is C16H17BrF2N2. The van der Waals surface area contributed by atoms with Crippen LogP contribution in [-0.2, 0) is 0 Å². The molecule has 0 spiro atoms. The van der Waals surface area contributed by atoms with E-state index in [2.05, 4.69) is 15.9 Å². The summed E-state index contributed by atoms with van der Waals surface area (Å²) in [5, 5.41) is 0. The van der Waals surface area contributed by atoms with E-state index < -0.39 is 0 Å². The molecule has 2 aromatic rings. The Kier molecular flexibility index (Phi) is 5.31. The van der Waals surface area contributed by atoms with Crippen LogP contribution in [0.2, 0.25) is 0 Å². The Morgan fingerprint density at radius 3 is 2.33 bits per heavy atom. The van der Waals surface area contributed by atoms with Crippen molar-refractivity contribution in [2.24, 2.45) is 5.73 Å². The summed E-state index contributed by atoms with van der Waals surface area (Å²) in [7, 11) is 0. The van der Waals surface area contributed by atoms with Gasteiger partial charge in [0.1, 0.15) is 11.6 Å². The lowest BCUT2D eigenvalue weighted by Crippen LogP contribution is -2.33. The van der Waals surface area contributed by atoms with Gasteiger partial charge in [-0.05, 0) is 64.8 Å². The van der Waals surface area contributed by atoms with E-state index >= 15 is 0 Å². The van der Waals surface area contributed by atoms with Gasteiger partial charge in [0, 0.05) is 18.8 Å². The number of halogens is 3. The zero-order chi connectivity index (χ0) is 15.4. The molecule has 1 unspecified atom stereocenters. The van der Waals surface area contributed by atoms with Crippen molar-refractivity contribution < 1.29 is 8.78 Å². The minimum absolute atomic E-state index is 0.164. The van der Waals surface area contributed by atoms with Gasteiger partial charge in [-0.15, -0.1) is 0 Å². The van der Waals surface area contributed by atoms with Crippen LogP contribution in [0.3, 0.4) is 0 Å². The van der Waals surface area contributed by atoms with Crippen LogP contribution in [0.4, 0.5) is 14.5 Å². The van der Waals surface area contributed by atoms with Crippen molar-refractivity contribution >= 4 is 21.6 Å². The van der Waals surface area contributed by atoms with E-state index in [-0.39, 0.29) is 17.7 Å². The normalized spacial score (nSPS) is 12.2. The second-order valence-electron chi connectivity index (χ2n) is 4.69. The van der Waals surface area contributed by atoms with Gasteiger partial charge in [-0.1, -0.05) is 6.07 Å². The van der Waals surface area contributed by atoms with E-state index in [1.165, 1.54) is 18.2 Å². The third-order valence-corrected chi connectivity index (χ3v) is 4.07. The van der Waals surface area contributed by atoms with Crippen LogP contribution in [0.1, 0.15) is 18.5 Å². The first-order chi connectivity index (χ1) is 10.1. The van der Waals surface area contributed by atoms with Gasteiger partial charge in [0.15, 0.2) is 0 Å². The van der Waals surface area contributed by atoms with Crippen molar-refractivity contribution in [1.82, 2.24) is 0 Å². The van der Waals surface area contributed by atoms with Crippen molar-refractivity contribution in [2.45, 2.75) is 13.0 Å². The maximum Gasteiger partial charge on any atom is 0.137 e. The molecule has 0 aromatic heterocycles. The summed E-state index contributed by atoms with van der Waals surface area (Å²) in [5.41, 5.74) is 7.54. The van der Waals surface area contributed by atoms with Crippen molar-refractivity contribution in [3.8, 4) is 0 Å². The lowest BCUT2D eigenvalue weighted by atomic mass is 10.0. The molecule has 0 amide bonds. The lowest BCUT2D eigenvalue weighted by molar-refractivity contribution is 0.601. The van der Waals surface area contributed by atoms with Crippen molar-refractivity contribution in [2.75, 3.05) is 18.0 Å². The average Bonchev–Trinajstić information content (AvgIpc) is 2.49. The van der Waals surface area contributed by atoms with Crippen LogP contribution in [0.25, 0.3) is 0 Å². The summed E-state index contributed by atoms with van der Waals surface area (Å²) in [6, 6.07) is 11.1. The predicted molar refractivity (Wildman–Crippen MR) is 85.3 cm³/mol. The number of rotatable bonds is 5. The molecule has 2 nitrogen and oxygen atoms in total. The first kappa shape index (κ1) is 15.9. The Balaban J connectivity index is 2.36. The third kappa shape index (κ3) is 3.60. The molecule has 5 heteroatoms. The predicted octanol–water partition coefficient (Wildman–Crippen LogP) is 4.25. The fourth-order valence-electron chi connectivity index (χ4n) is 2.38. The molecule has 0 aliphatic heterocycles. The Morgan fingerprint density at radius 2 is 1.81 bits per heavy atom. The highest BCUT2D eigenvalue weighted by Gasteiger charge is 2.19. The molecule has 0 radical (unpaired) electrons. The van der Waals surface area contributed by atoms with Gasteiger partial charge in [0.25, 0.3) is 0 Å². The minimum atomic E-state index is -0.318. The molecule has 0 bridgehead atoms. The maximum atomic E-state index is 13.7. The van der Waals surface area contributed by atoms with E-state index in [9.17, 15) is 8.78 Å². The van der Waals surface area contributed by atoms with E-state index in [1.807, 2.05) is 17.9 Å². The summed E-state index contributed by atoms with van der Waals surface area (Å²) in [6.07, 6.45) is 0. The van der Waals surface area contributed by atoms with Gasteiger partial charge in [0.2, 0.25) is 0 Å². The monoisotopic (exact) mass is 354 g/mol. The van der Waals surface area contributed by atoms with Crippen molar-refractivity contribution in [3.05, 3.63) is 64.1 Å². The number of likely N-dealkylation sites (N-methyl/N-ethyl adjacent to an activating group) is 1. The molecule has 0 aliphatic rings. The van der Waals surface area contributed by atoms with Crippen LogP contribution >= 0.6 is 15.9 Å². The highest BCUT2D eigenvalue weighted by atomic mass is 79.9. The topological polar surface area (TPSA) is 29.3 Å². The molecule has 21 heavy (non-hydrogen) atoms. The van der Waals surface area contributed by atoms with E-state index in [0.29, 0.717) is 17.6 Å². The van der Waals surface area contributed by atoms with Crippen LogP contribution in [-0.4, -0.2) is 13.1 Å². The third-order valence-electron chi connectivity index (χ3n) is 3.43. The van der Waals surface area contributed by atoms with E-state index in [4.69, 9.17) is 5.73 Å². The van der Waals surface area contributed by atoms with Crippen LogP contribution in [0.5, 0.6) is 0 Å². The quantitative estimate of drug-likeness (QED) is 0.869. The molecule has 2 N–H and O–H groups in total. The van der Waals surface area contributed by atoms with Gasteiger partial charge in [-0.25, -0.2) is 8.78 Å². The van der Waals surface area contributed by atoms with Crippen LogP contribution in [0.15, 0.2) is 46.9 Å². The molecule has 0 fully saturated rings. The summed E-state index contributed by atoms with van der Waals surface area (Å²) < 4.78 is 27.2. The smallest absolute Gasteiger partial charge is 0.137 e. The fraction of sp³-hybridized carbons (Fsp3) is 0.250. The minimum Gasteiger partial charge on any atom is -0.363 e. The number of nitrogens with zero attached hydrogens (tertiary/aromatic N) is 1. The van der Waals surface area contributed by atoms with Gasteiger partial charge in [-0.3, -0.25) is 0 Å². The Hall–Kier alpha value is -1.46. The number of hydrogen-bond acceptors (Lipinski definition) is 2. The molecule has 112 valence electrons. The zero-order valence-corrected chi connectivity index (χ0v) is 13.3. The van der Waals surface area contributed by atoms with Crippen molar-refractivity contribution in [1.29, 1.82) is 0 Å². The molecule has 2 rings (SSSR count). The summed E-state index contributed by atoms with van der Waals surface area (Å²) in [4.78, 5) is 2.03. The van der Waals surface area contributed by atoms with E-state index in [1.54, 1.807) is 18.2 Å². The molecule has 2 aromatic carbocycles. The number of anilines is 1. The Labute approximate surface area is 131 Å².